The second-order valence-electron chi connectivity index (χ2n) is 5.89. The molecule has 2 aliphatic rings. The van der Waals surface area contributed by atoms with Gasteiger partial charge < -0.3 is 15.0 Å². The molecule has 0 radical (unpaired) electrons. The van der Waals surface area contributed by atoms with Crippen LogP contribution in [-0.4, -0.2) is 55.6 Å². The zero-order chi connectivity index (χ0) is 14.1. The van der Waals surface area contributed by atoms with Crippen LogP contribution in [-0.2, 0) is 9.53 Å². The van der Waals surface area contributed by atoms with E-state index in [1.165, 1.54) is 12.8 Å². The summed E-state index contributed by atoms with van der Waals surface area (Å²) in [6, 6.07) is 0. The lowest BCUT2D eigenvalue weighted by molar-refractivity contribution is -0.159. The smallest absolute Gasteiger partial charge is 0.377 e. The van der Waals surface area contributed by atoms with Gasteiger partial charge in [0.2, 0.25) is 0 Å². The van der Waals surface area contributed by atoms with Crippen LogP contribution in [0.1, 0.15) is 32.1 Å². The van der Waals surface area contributed by atoms with E-state index in [-0.39, 0.29) is 5.54 Å². The molecule has 0 aromatic rings. The molecule has 19 heavy (non-hydrogen) atoms. The predicted molar refractivity (Wildman–Crippen MR) is 67.2 cm³/mol. The second-order valence-corrected chi connectivity index (χ2v) is 5.89. The third kappa shape index (κ3) is 3.05. The fraction of sp³-hybridized carbons (Fsp3) is 0.923. The summed E-state index contributed by atoms with van der Waals surface area (Å²) in [4.78, 5) is 13.1. The lowest BCUT2D eigenvalue weighted by atomic mass is 9.96. The van der Waals surface area contributed by atoms with Gasteiger partial charge in [-0.25, -0.2) is 4.79 Å². The molecule has 4 nitrogen and oxygen atoms in total. The Bertz CT molecular complexity index is 342. The van der Waals surface area contributed by atoms with Gasteiger partial charge in [0.15, 0.2) is 0 Å². The number of esters is 1. The molecule has 1 heterocycles. The highest BCUT2D eigenvalue weighted by Crippen LogP contribution is 2.34. The molecule has 0 spiro atoms. The Morgan fingerprint density at radius 2 is 2.00 bits per heavy atom. The molecule has 0 aromatic carbocycles. The molecule has 2 fully saturated rings. The van der Waals surface area contributed by atoms with Gasteiger partial charge in [0.1, 0.15) is 6.10 Å². The van der Waals surface area contributed by atoms with Crippen molar-refractivity contribution in [3.05, 3.63) is 0 Å². The fourth-order valence-corrected chi connectivity index (χ4v) is 3.04. The van der Waals surface area contributed by atoms with E-state index in [1.807, 2.05) is 0 Å². The summed E-state index contributed by atoms with van der Waals surface area (Å²) in [5, 5.41) is 3.20. The number of hydrogen-bond donors (Lipinski definition) is 1. The van der Waals surface area contributed by atoms with Crippen molar-refractivity contribution < 1.29 is 18.3 Å². The lowest BCUT2D eigenvalue weighted by Gasteiger charge is -2.36. The van der Waals surface area contributed by atoms with E-state index >= 15 is 0 Å². The van der Waals surface area contributed by atoms with E-state index in [1.54, 1.807) is 0 Å². The van der Waals surface area contributed by atoms with Crippen molar-refractivity contribution in [2.75, 3.05) is 27.2 Å². The molecule has 0 aromatic heterocycles. The van der Waals surface area contributed by atoms with Crippen LogP contribution in [0, 0.1) is 0 Å². The first kappa shape index (κ1) is 14.7. The first-order valence-electron chi connectivity index (χ1n) is 6.83. The van der Waals surface area contributed by atoms with Gasteiger partial charge in [0.05, 0.1) is 6.42 Å². The van der Waals surface area contributed by atoms with Crippen LogP contribution in [0.15, 0.2) is 0 Å². The molecule has 1 unspecified atom stereocenters. The zero-order valence-corrected chi connectivity index (χ0v) is 11.5. The average Bonchev–Trinajstić information content (AvgIpc) is 2.86. The number of nitrogens with zero attached hydrogens (tertiary/aromatic N) is 1. The Balaban J connectivity index is 1.79. The molecule has 6 heteroatoms. The third-order valence-corrected chi connectivity index (χ3v) is 4.37. The van der Waals surface area contributed by atoms with Crippen molar-refractivity contribution in [3.8, 4) is 0 Å². The molecule has 1 atom stereocenters. The molecule has 2 rings (SSSR count). The molecule has 0 bridgehead atoms. The molecule has 1 aliphatic carbocycles. The number of rotatable bonds is 5. The highest BCUT2D eigenvalue weighted by Gasteiger charge is 2.50. The van der Waals surface area contributed by atoms with Crippen LogP contribution in [0.25, 0.3) is 0 Å². The van der Waals surface area contributed by atoms with Gasteiger partial charge in [-0.1, -0.05) is 12.8 Å². The van der Waals surface area contributed by atoms with Gasteiger partial charge in [-0.15, -0.1) is 0 Å². The van der Waals surface area contributed by atoms with Crippen LogP contribution in [0.2, 0.25) is 0 Å². The minimum Gasteiger partial charge on any atom is -0.456 e. The number of ether oxygens (including phenoxy) is 1. The molecule has 0 amide bonds. The number of halogens is 2. The Labute approximate surface area is 112 Å². The van der Waals surface area contributed by atoms with Crippen LogP contribution >= 0.6 is 0 Å². The normalized spacial score (nSPS) is 28.9. The van der Waals surface area contributed by atoms with Crippen molar-refractivity contribution in [3.63, 3.8) is 0 Å². The quantitative estimate of drug-likeness (QED) is 0.771. The molecule has 1 saturated heterocycles. The summed E-state index contributed by atoms with van der Waals surface area (Å²) in [5.41, 5.74) is 0.116. The molecule has 1 N–H and O–H groups in total. The highest BCUT2D eigenvalue weighted by molar-refractivity contribution is 5.79. The lowest BCUT2D eigenvalue weighted by Crippen LogP contribution is -2.50. The van der Waals surface area contributed by atoms with E-state index in [0.717, 1.165) is 19.4 Å². The summed E-state index contributed by atoms with van der Waals surface area (Å²) < 4.78 is 30.7. The summed E-state index contributed by atoms with van der Waals surface area (Å²) in [6.07, 6.45) is 3.44. The summed E-state index contributed by atoms with van der Waals surface area (Å²) >= 11 is 0. The van der Waals surface area contributed by atoms with E-state index in [4.69, 9.17) is 0 Å². The summed E-state index contributed by atoms with van der Waals surface area (Å²) in [5.74, 6) is -4.69. The Morgan fingerprint density at radius 3 is 2.47 bits per heavy atom. The topological polar surface area (TPSA) is 41.6 Å². The van der Waals surface area contributed by atoms with E-state index in [0.29, 0.717) is 6.54 Å². The Hall–Kier alpha value is -0.750. The predicted octanol–water partition coefficient (Wildman–Crippen LogP) is 1.40. The van der Waals surface area contributed by atoms with Crippen molar-refractivity contribution in [1.82, 2.24) is 10.2 Å². The maximum Gasteiger partial charge on any atom is 0.377 e. The van der Waals surface area contributed by atoms with Crippen molar-refractivity contribution in [2.24, 2.45) is 0 Å². The maximum atomic E-state index is 13.0. The van der Waals surface area contributed by atoms with Crippen molar-refractivity contribution in [1.29, 1.82) is 0 Å². The largest absolute Gasteiger partial charge is 0.456 e. The van der Waals surface area contributed by atoms with Crippen LogP contribution in [0.4, 0.5) is 8.78 Å². The standard InChI is InChI=1S/C13H22F2N2O2/c1-17(2)12(5-3-4-6-12)9-16-8-10-7-13(14,15)11(18)19-10/h10,16H,3-9H2,1-2H3. The van der Waals surface area contributed by atoms with E-state index < -0.39 is 24.4 Å². The first-order valence-corrected chi connectivity index (χ1v) is 6.83. The van der Waals surface area contributed by atoms with Gasteiger partial charge in [-0.3, -0.25) is 0 Å². The van der Waals surface area contributed by atoms with E-state index in [2.05, 4.69) is 29.0 Å². The highest BCUT2D eigenvalue weighted by atomic mass is 19.3. The Morgan fingerprint density at radius 1 is 1.37 bits per heavy atom. The van der Waals surface area contributed by atoms with Crippen LogP contribution in [0.3, 0.4) is 0 Å². The third-order valence-electron chi connectivity index (χ3n) is 4.37. The number of cyclic esters (lactones) is 1. The first-order chi connectivity index (χ1) is 8.86. The molecular weight excluding hydrogens is 254 g/mol. The van der Waals surface area contributed by atoms with E-state index in [9.17, 15) is 13.6 Å². The monoisotopic (exact) mass is 276 g/mol. The zero-order valence-electron chi connectivity index (χ0n) is 11.5. The minimum atomic E-state index is -3.31. The fourth-order valence-electron chi connectivity index (χ4n) is 3.04. The van der Waals surface area contributed by atoms with Gasteiger partial charge in [-0.05, 0) is 26.9 Å². The minimum absolute atomic E-state index is 0.116. The maximum absolute atomic E-state index is 13.0. The van der Waals surface area contributed by atoms with Crippen molar-refractivity contribution >= 4 is 5.97 Å². The van der Waals surface area contributed by atoms with Crippen molar-refractivity contribution in [2.45, 2.75) is 49.7 Å². The Kier molecular flexibility index (Phi) is 4.11. The van der Waals surface area contributed by atoms with Gasteiger partial charge in [0.25, 0.3) is 0 Å². The number of nitrogens with one attached hydrogen (secondary N) is 1. The van der Waals surface area contributed by atoms with Crippen LogP contribution in [0.5, 0.6) is 0 Å². The molecule has 110 valence electrons. The summed E-state index contributed by atoms with van der Waals surface area (Å²) in [7, 11) is 4.10. The number of alkyl halides is 2. The number of carbonyl (C=O) groups excluding carboxylic acids is 1. The summed E-state index contributed by atoms with van der Waals surface area (Å²) in [6.45, 7) is 1.05. The number of hydrogen-bond acceptors (Lipinski definition) is 4. The number of likely N-dealkylation sites (N-methyl/N-ethyl adjacent to an activating group) is 1. The average molecular weight is 276 g/mol. The molecule has 1 aliphatic heterocycles. The second kappa shape index (κ2) is 5.32. The van der Waals surface area contributed by atoms with Gasteiger partial charge in [-0.2, -0.15) is 8.78 Å². The van der Waals surface area contributed by atoms with Gasteiger partial charge in [0, 0.05) is 18.6 Å². The SMILES string of the molecule is CN(C)C1(CNCC2CC(F)(F)C(=O)O2)CCCC1. The number of carbonyl (C=O) groups is 1. The van der Waals surface area contributed by atoms with Crippen LogP contribution < -0.4 is 5.32 Å². The van der Waals surface area contributed by atoms with Gasteiger partial charge >= 0.3 is 11.9 Å². The molecule has 1 saturated carbocycles. The molecular formula is C13H22F2N2O2.